The second-order valence-electron chi connectivity index (χ2n) is 10.4. The Kier molecular flexibility index (Phi) is 10.2. The molecule has 1 aliphatic heterocycles. The molecule has 4 aromatic carbocycles. The predicted molar refractivity (Wildman–Crippen MR) is 157 cm³/mol. The third-order valence-electron chi connectivity index (χ3n) is 7.20. The van der Waals surface area contributed by atoms with Crippen molar-refractivity contribution in [3.8, 4) is 5.75 Å². The van der Waals surface area contributed by atoms with Crippen molar-refractivity contribution in [3.63, 3.8) is 0 Å². The van der Waals surface area contributed by atoms with Gasteiger partial charge in [-0.2, -0.15) is 0 Å². The first-order chi connectivity index (χ1) is 20.1. The van der Waals surface area contributed by atoms with Gasteiger partial charge in [-0.15, -0.1) is 0 Å². The van der Waals surface area contributed by atoms with E-state index >= 15 is 0 Å². The van der Waals surface area contributed by atoms with Crippen molar-refractivity contribution in [1.82, 2.24) is 0 Å². The zero-order valence-electron chi connectivity index (χ0n) is 23.6. The van der Waals surface area contributed by atoms with Gasteiger partial charge in [-0.25, -0.2) is 0 Å². The topological polar surface area (TPSA) is 66.4 Å². The summed E-state index contributed by atoms with van der Waals surface area (Å²) < 4.78 is 32.5. The van der Waals surface area contributed by atoms with Crippen LogP contribution in [0.4, 0.5) is 0 Å². The highest BCUT2D eigenvalue weighted by atomic mass is 16.7. The molecule has 1 aliphatic rings. The van der Waals surface area contributed by atoms with Crippen LogP contribution in [0.3, 0.4) is 0 Å². The second-order valence-corrected chi connectivity index (χ2v) is 10.4. The first-order valence-electron chi connectivity index (χ1n) is 14.1. The molecule has 0 bridgehead atoms. The number of aryl methyl sites for hydroxylation is 2. The smallest absolute Gasteiger partial charge is 0.229 e. The fourth-order valence-corrected chi connectivity index (χ4v) is 5.04. The van der Waals surface area contributed by atoms with E-state index in [4.69, 9.17) is 23.7 Å². The lowest BCUT2D eigenvalue weighted by atomic mass is 9.97. The molecule has 6 heteroatoms. The molecule has 0 amide bonds. The molecule has 0 radical (unpaired) electrons. The lowest BCUT2D eigenvalue weighted by Crippen LogP contribution is -2.62. The van der Waals surface area contributed by atoms with Crippen LogP contribution in [0, 0.1) is 13.8 Å². The maximum atomic E-state index is 10.5. The van der Waals surface area contributed by atoms with Crippen molar-refractivity contribution >= 4 is 0 Å². The van der Waals surface area contributed by atoms with E-state index in [9.17, 15) is 5.11 Å². The number of aliphatic hydroxyl groups is 1. The molecule has 5 atom stereocenters. The summed E-state index contributed by atoms with van der Waals surface area (Å²) in [4.78, 5) is 0. The quantitative estimate of drug-likeness (QED) is 0.226. The second kappa shape index (κ2) is 14.4. The van der Waals surface area contributed by atoms with Crippen LogP contribution in [-0.2, 0) is 38.8 Å². The molecule has 0 unspecified atom stereocenters. The fourth-order valence-electron chi connectivity index (χ4n) is 5.04. The molecule has 0 aromatic heterocycles. The van der Waals surface area contributed by atoms with Gasteiger partial charge in [-0.3, -0.25) is 0 Å². The van der Waals surface area contributed by atoms with Crippen LogP contribution < -0.4 is 4.74 Å². The van der Waals surface area contributed by atoms with Gasteiger partial charge in [0, 0.05) is 0 Å². The van der Waals surface area contributed by atoms with E-state index in [1.165, 1.54) is 0 Å². The molecule has 0 spiro atoms. The van der Waals surface area contributed by atoms with E-state index in [1.807, 2.05) is 117 Å². The van der Waals surface area contributed by atoms with Crippen molar-refractivity contribution in [2.24, 2.45) is 0 Å². The molecule has 1 saturated heterocycles. The minimum Gasteiger partial charge on any atom is -0.462 e. The zero-order chi connectivity index (χ0) is 28.4. The molecule has 0 aliphatic carbocycles. The van der Waals surface area contributed by atoms with Crippen molar-refractivity contribution < 1.29 is 28.8 Å². The molecular formula is C35H38O6. The summed E-state index contributed by atoms with van der Waals surface area (Å²) >= 11 is 0. The maximum Gasteiger partial charge on any atom is 0.229 e. The van der Waals surface area contributed by atoms with E-state index in [2.05, 4.69) is 6.07 Å². The molecule has 1 heterocycles. The van der Waals surface area contributed by atoms with Crippen molar-refractivity contribution in [1.29, 1.82) is 0 Å². The van der Waals surface area contributed by atoms with Crippen LogP contribution in [0.15, 0.2) is 109 Å². The Hall–Kier alpha value is -3.52. The summed E-state index contributed by atoms with van der Waals surface area (Å²) in [5.74, 6) is 0.691. The summed E-state index contributed by atoms with van der Waals surface area (Å²) in [6.45, 7) is 4.80. The highest BCUT2D eigenvalue weighted by Crippen LogP contribution is 2.33. The summed E-state index contributed by atoms with van der Waals surface area (Å²) in [5.41, 5.74) is 5.19. The average molecular weight is 555 g/mol. The average Bonchev–Trinajstić information content (AvgIpc) is 3.01. The first kappa shape index (κ1) is 29.0. The van der Waals surface area contributed by atoms with Gasteiger partial charge in [0.2, 0.25) is 6.29 Å². The van der Waals surface area contributed by atoms with Crippen LogP contribution in [0.1, 0.15) is 27.8 Å². The lowest BCUT2D eigenvalue weighted by Gasteiger charge is -2.45. The molecule has 6 nitrogen and oxygen atoms in total. The lowest BCUT2D eigenvalue weighted by molar-refractivity contribution is -0.308. The number of aliphatic hydroxyl groups excluding tert-OH is 1. The largest absolute Gasteiger partial charge is 0.462 e. The highest BCUT2D eigenvalue weighted by molar-refractivity contribution is 5.36. The van der Waals surface area contributed by atoms with Crippen molar-refractivity contribution in [2.45, 2.75) is 64.4 Å². The van der Waals surface area contributed by atoms with Crippen molar-refractivity contribution in [3.05, 3.63) is 137 Å². The molecule has 214 valence electrons. The Morgan fingerprint density at radius 2 is 1.10 bits per heavy atom. The third-order valence-corrected chi connectivity index (χ3v) is 7.20. The van der Waals surface area contributed by atoms with Gasteiger partial charge in [0.25, 0.3) is 0 Å². The highest BCUT2D eigenvalue weighted by Gasteiger charge is 2.49. The van der Waals surface area contributed by atoms with Gasteiger partial charge in [0.1, 0.15) is 30.2 Å². The van der Waals surface area contributed by atoms with Gasteiger partial charge in [-0.05, 0) is 42.2 Å². The van der Waals surface area contributed by atoms with E-state index in [1.54, 1.807) is 0 Å². The van der Waals surface area contributed by atoms with E-state index in [-0.39, 0.29) is 6.61 Å². The van der Waals surface area contributed by atoms with Gasteiger partial charge in [-0.1, -0.05) is 109 Å². The van der Waals surface area contributed by atoms with E-state index in [0.29, 0.717) is 25.6 Å². The summed E-state index contributed by atoms with van der Waals surface area (Å²) in [6, 6.07) is 35.9. The Morgan fingerprint density at radius 3 is 1.59 bits per heavy atom. The standard InChI is InChI=1S/C35H38O6/c1-25-18-19-30(26(2)20-25)40-35-34(39-24-29-16-10-5-11-17-29)33(38-23-28-14-8-4-9-15-28)32(31(21-36)41-35)37-22-27-12-6-3-7-13-27/h3-20,31-36H,21-24H2,1-2H3/t31-,32-,33+,34+,35+/m1/s1. The van der Waals surface area contributed by atoms with Gasteiger partial charge in [0.05, 0.1) is 26.4 Å². The Bertz CT molecular complexity index is 1330. The minimum absolute atomic E-state index is 0.261. The molecule has 5 rings (SSSR count). The number of hydrogen-bond acceptors (Lipinski definition) is 6. The number of rotatable bonds is 12. The number of ether oxygens (including phenoxy) is 5. The summed E-state index contributed by atoms with van der Waals surface area (Å²) in [5, 5.41) is 10.5. The molecule has 41 heavy (non-hydrogen) atoms. The summed E-state index contributed by atoms with van der Waals surface area (Å²) in [6.07, 6.45) is -3.38. The third kappa shape index (κ3) is 7.82. The number of hydrogen-bond donors (Lipinski definition) is 1. The Balaban J connectivity index is 1.46. The van der Waals surface area contributed by atoms with Gasteiger partial charge >= 0.3 is 0 Å². The van der Waals surface area contributed by atoms with Crippen LogP contribution in [0.25, 0.3) is 0 Å². The van der Waals surface area contributed by atoms with Gasteiger partial charge < -0.3 is 28.8 Å². The number of benzene rings is 4. The van der Waals surface area contributed by atoms with Gasteiger partial charge in [0.15, 0.2) is 0 Å². The molecule has 4 aromatic rings. The SMILES string of the molecule is Cc1ccc(O[C@H]2O[C@H](CO)[C@@H](OCc3ccccc3)[C@H](OCc3ccccc3)[C@@H]2OCc2ccccc2)c(C)c1. The Labute approximate surface area is 242 Å². The summed E-state index contributed by atoms with van der Waals surface area (Å²) in [7, 11) is 0. The minimum atomic E-state index is -0.838. The maximum absolute atomic E-state index is 10.5. The van der Waals surface area contributed by atoms with Crippen LogP contribution in [0.2, 0.25) is 0 Å². The molecular weight excluding hydrogens is 516 g/mol. The normalized spacial score (nSPS) is 22.4. The van der Waals surface area contributed by atoms with E-state index < -0.39 is 30.7 Å². The van der Waals surface area contributed by atoms with Crippen molar-refractivity contribution in [2.75, 3.05) is 6.61 Å². The van der Waals surface area contributed by atoms with E-state index in [0.717, 1.165) is 27.8 Å². The van der Waals surface area contributed by atoms with Crippen LogP contribution in [0.5, 0.6) is 5.75 Å². The fraction of sp³-hybridized carbons (Fsp3) is 0.314. The predicted octanol–water partition coefficient (Wildman–Crippen LogP) is 6.16. The first-order valence-corrected chi connectivity index (χ1v) is 14.1. The van der Waals surface area contributed by atoms with Crippen LogP contribution >= 0.6 is 0 Å². The Morgan fingerprint density at radius 1 is 0.610 bits per heavy atom. The zero-order valence-corrected chi connectivity index (χ0v) is 23.6. The molecule has 0 saturated carbocycles. The molecule has 1 fully saturated rings. The monoisotopic (exact) mass is 554 g/mol. The van der Waals surface area contributed by atoms with Crippen LogP contribution in [-0.4, -0.2) is 42.4 Å². The molecule has 1 N–H and O–H groups in total.